The van der Waals surface area contributed by atoms with Crippen LogP contribution in [0.15, 0.2) is 28.7 Å². The standard InChI is InChI=1S/C14H11BrFN3S/c1-7-5-10-12(17-2)18-13(19-14(10)20-7)9-4-3-8(15)6-11(9)16/h3-6H,1-2H3,(H,17,18,19). The molecule has 0 fully saturated rings. The fourth-order valence-corrected chi connectivity index (χ4v) is 3.24. The van der Waals surface area contributed by atoms with Gasteiger partial charge in [-0.15, -0.1) is 11.3 Å². The molecule has 2 heterocycles. The summed E-state index contributed by atoms with van der Waals surface area (Å²) in [6, 6.07) is 6.92. The molecule has 0 saturated carbocycles. The van der Waals surface area contributed by atoms with Gasteiger partial charge in [0.2, 0.25) is 0 Å². The van der Waals surface area contributed by atoms with Crippen LogP contribution in [0.5, 0.6) is 0 Å². The Balaban J connectivity index is 2.25. The Hall–Kier alpha value is -1.53. The van der Waals surface area contributed by atoms with Crippen molar-refractivity contribution in [3.05, 3.63) is 39.4 Å². The number of hydrogen-bond acceptors (Lipinski definition) is 4. The van der Waals surface area contributed by atoms with Crippen LogP contribution in [0.3, 0.4) is 0 Å². The minimum atomic E-state index is -0.339. The predicted octanol–water partition coefficient (Wildman–Crippen LogP) is 4.61. The number of aryl methyl sites for hydroxylation is 1. The van der Waals surface area contributed by atoms with E-state index in [1.54, 1.807) is 30.5 Å². The van der Waals surface area contributed by atoms with E-state index in [4.69, 9.17) is 0 Å². The van der Waals surface area contributed by atoms with Crippen LogP contribution in [0.4, 0.5) is 10.2 Å². The minimum Gasteiger partial charge on any atom is -0.372 e. The molecule has 0 spiro atoms. The maximum absolute atomic E-state index is 14.1. The Bertz CT molecular complexity index is 800. The first kappa shape index (κ1) is 13.5. The van der Waals surface area contributed by atoms with E-state index in [1.165, 1.54) is 6.07 Å². The molecule has 20 heavy (non-hydrogen) atoms. The highest BCUT2D eigenvalue weighted by Gasteiger charge is 2.14. The third-order valence-corrected chi connectivity index (χ3v) is 4.36. The van der Waals surface area contributed by atoms with Crippen molar-refractivity contribution in [1.29, 1.82) is 0 Å². The Morgan fingerprint density at radius 1 is 1.25 bits per heavy atom. The van der Waals surface area contributed by atoms with Crippen LogP contribution in [0, 0.1) is 12.7 Å². The molecule has 0 atom stereocenters. The van der Waals surface area contributed by atoms with Gasteiger partial charge in [-0.3, -0.25) is 0 Å². The highest BCUT2D eigenvalue weighted by molar-refractivity contribution is 9.10. The van der Waals surface area contributed by atoms with Gasteiger partial charge in [0.25, 0.3) is 0 Å². The van der Waals surface area contributed by atoms with E-state index in [9.17, 15) is 4.39 Å². The molecular weight excluding hydrogens is 341 g/mol. The molecule has 1 aromatic carbocycles. The lowest BCUT2D eigenvalue weighted by Crippen LogP contribution is -1.98. The average Bonchev–Trinajstić information content (AvgIpc) is 2.77. The summed E-state index contributed by atoms with van der Waals surface area (Å²) < 4.78 is 14.7. The topological polar surface area (TPSA) is 37.8 Å². The monoisotopic (exact) mass is 351 g/mol. The summed E-state index contributed by atoms with van der Waals surface area (Å²) in [5.74, 6) is 0.777. The number of fused-ring (bicyclic) bond motifs is 1. The van der Waals surface area contributed by atoms with E-state index in [-0.39, 0.29) is 5.82 Å². The largest absolute Gasteiger partial charge is 0.372 e. The van der Waals surface area contributed by atoms with Crippen LogP contribution in [-0.2, 0) is 0 Å². The zero-order chi connectivity index (χ0) is 14.3. The van der Waals surface area contributed by atoms with Gasteiger partial charge in [0.15, 0.2) is 5.82 Å². The van der Waals surface area contributed by atoms with Crippen molar-refractivity contribution in [2.75, 3.05) is 12.4 Å². The summed E-state index contributed by atoms with van der Waals surface area (Å²) in [4.78, 5) is 10.9. The lowest BCUT2D eigenvalue weighted by molar-refractivity contribution is 0.629. The molecule has 0 unspecified atom stereocenters. The van der Waals surface area contributed by atoms with Gasteiger partial charge in [-0.25, -0.2) is 14.4 Å². The second-order valence-electron chi connectivity index (χ2n) is 4.35. The minimum absolute atomic E-state index is 0.339. The lowest BCUT2D eigenvalue weighted by Gasteiger charge is -2.06. The average molecular weight is 352 g/mol. The quantitative estimate of drug-likeness (QED) is 0.732. The Morgan fingerprint density at radius 3 is 2.75 bits per heavy atom. The normalized spacial score (nSPS) is 11.0. The van der Waals surface area contributed by atoms with Gasteiger partial charge in [0.1, 0.15) is 16.5 Å². The summed E-state index contributed by atoms with van der Waals surface area (Å²) in [5, 5.41) is 4.02. The number of thiophene rings is 1. The number of benzene rings is 1. The first-order valence-electron chi connectivity index (χ1n) is 6.00. The van der Waals surface area contributed by atoms with Gasteiger partial charge in [-0.05, 0) is 31.2 Å². The van der Waals surface area contributed by atoms with E-state index in [2.05, 4.69) is 31.2 Å². The lowest BCUT2D eigenvalue weighted by atomic mass is 10.2. The highest BCUT2D eigenvalue weighted by Crippen LogP contribution is 2.32. The van der Waals surface area contributed by atoms with Gasteiger partial charge < -0.3 is 5.32 Å². The number of nitrogens with one attached hydrogen (secondary N) is 1. The molecule has 0 aliphatic heterocycles. The fraction of sp³-hybridized carbons (Fsp3) is 0.143. The van der Waals surface area contributed by atoms with Gasteiger partial charge in [-0.2, -0.15) is 0 Å². The van der Waals surface area contributed by atoms with Crippen LogP contribution >= 0.6 is 27.3 Å². The van der Waals surface area contributed by atoms with Gasteiger partial charge in [-0.1, -0.05) is 15.9 Å². The summed E-state index contributed by atoms with van der Waals surface area (Å²) in [6.07, 6.45) is 0. The van der Waals surface area contributed by atoms with E-state index in [1.807, 2.05) is 13.0 Å². The fourth-order valence-electron chi connectivity index (χ4n) is 2.02. The number of halogens is 2. The molecule has 3 rings (SSSR count). The van der Waals surface area contributed by atoms with E-state index in [0.717, 1.165) is 20.9 Å². The Morgan fingerprint density at radius 2 is 2.05 bits per heavy atom. The molecule has 0 radical (unpaired) electrons. The van der Waals surface area contributed by atoms with Crippen molar-refractivity contribution in [2.45, 2.75) is 6.92 Å². The van der Waals surface area contributed by atoms with Crippen LogP contribution in [0.2, 0.25) is 0 Å². The molecule has 0 aliphatic carbocycles. The molecule has 0 amide bonds. The molecule has 3 aromatic rings. The third kappa shape index (κ3) is 2.29. The maximum atomic E-state index is 14.1. The zero-order valence-corrected chi connectivity index (χ0v) is 13.3. The van der Waals surface area contributed by atoms with E-state index < -0.39 is 0 Å². The van der Waals surface area contributed by atoms with Crippen molar-refractivity contribution >= 4 is 43.3 Å². The van der Waals surface area contributed by atoms with Crippen molar-refractivity contribution in [1.82, 2.24) is 9.97 Å². The van der Waals surface area contributed by atoms with Crippen molar-refractivity contribution < 1.29 is 4.39 Å². The number of hydrogen-bond donors (Lipinski definition) is 1. The first-order valence-corrected chi connectivity index (χ1v) is 7.61. The second kappa shape index (κ2) is 5.10. The highest BCUT2D eigenvalue weighted by atomic mass is 79.9. The van der Waals surface area contributed by atoms with Crippen molar-refractivity contribution in [3.8, 4) is 11.4 Å². The molecule has 2 aromatic heterocycles. The number of rotatable bonds is 2. The molecule has 1 N–H and O–H groups in total. The number of aromatic nitrogens is 2. The third-order valence-electron chi connectivity index (χ3n) is 2.92. The first-order chi connectivity index (χ1) is 9.58. The molecule has 0 aliphatic rings. The molecule has 102 valence electrons. The smallest absolute Gasteiger partial charge is 0.166 e. The van der Waals surface area contributed by atoms with Crippen LogP contribution in [0.1, 0.15) is 4.88 Å². The SMILES string of the molecule is CNc1nc(-c2ccc(Br)cc2F)nc2sc(C)cc12. The molecule has 3 nitrogen and oxygen atoms in total. The number of nitrogens with zero attached hydrogens (tertiary/aromatic N) is 2. The summed E-state index contributed by atoms with van der Waals surface area (Å²) in [6.45, 7) is 2.02. The van der Waals surface area contributed by atoms with Crippen molar-refractivity contribution in [3.63, 3.8) is 0 Å². The van der Waals surface area contributed by atoms with Gasteiger partial charge >= 0.3 is 0 Å². The summed E-state index contributed by atoms with van der Waals surface area (Å²) in [5.41, 5.74) is 0.401. The molecule has 0 bridgehead atoms. The Kier molecular flexibility index (Phi) is 3.43. The number of anilines is 1. The van der Waals surface area contributed by atoms with Crippen LogP contribution < -0.4 is 5.32 Å². The van der Waals surface area contributed by atoms with Crippen LogP contribution in [-0.4, -0.2) is 17.0 Å². The van der Waals surface area contributed by atoms with Gasteiger partial charge in [0.05, 0.1) is 10.9 Å². The molecular formula is C14H11BrFN3S. The second-order valence-corrected chi connectivity index (χ2v) is 6.50. The van der Waals surface area contributed by atoms with E-state index in [0.29, 0.717) is 15.9 Å². The molecule has 0 saturated heterocycles. The predicted molar refractivity (Wildman–Crippen MR) is 84.8 cm³/mol. The van der Waals surface area contributed by atoms with Crippen LogP contribution in [0.25, 0.3) is 21.6 Å². The van der Waals surface area contributed by atoms with Crippen molar-refractivity contribution in [2.24, 2.45) is 0 Å². The zero-order valence-electron chi connectivity index (χ0n) is 10.9. The summed E-state index contributed by atoms with van der Waals surface area (Å²) in [7, 11) is 1.80. The maximum Gasteiger partial charge on any atom is 0.166 e. The molecule has 6 heteroatoms. The van der Waals surface area contributed by atoms with E-state index >= 15 is 0 Å². The summed E-state index contributed by atoms with van der Waals surface area (Å²) >= 11 is 4.83. The Labute approximate surface area is 128 Å². The van der Waals surface area contributed by atoms with Gasteiger partial charge in [0, 0.05) is 16.4 Å².